The predicted molar refractivity (Wildman–Crippen MR) is 71.3 cm³/mol. The number of carbonyl (C=O) groups is 2. The maximum atomic E-state index is 11.0. The third kappa shape index (κ3) is 3.69. The first-order valence-corrected chi connectivity index (χ1v) is 7.47. The predicted octanol–water partition coefficient (Wildman–Crippen LogP) is 0.470. The second-order valence-electron chi connectivity index (χ2n) is 4.75. The van der Waals surface area contributed by atoms with Crippen LogP contribution < -0.4 is 5.32 Å². The van der Waals surface area contributed by atoms with Crippen LogP contribution in [-0.2, 0) is 9.59 Å². The van der Waals surface area contributed by atoms with Crippen LogP contribution in [0.2, 0.25) is 0 Å². The van der Waals surface area contributed by atoms with E-state index in [9.17, 15) is 9.59 Å². The number of nitrogens with one attached hydrogen (secondary N) is 1. The van der Waals surface area contributed by atoms with Gasteiger partial charge in [0.1, 0.15) is 6.04 Å². The molecule has 0 spiro atoms. The van der Waals surface area contributed by atoms with Gasteiger partial charge in [-0.1, -0.05) is 24.6 Å². The van der Waals surface area contributed by atoms with Gasteiger partial charge >= 0.3 is 5.97 Å². The molecule has 8 nitrogen and oxygen atoms in total. The molecule has 0 saturated heterocycles. The number of tetrazole rings is 1. The number of carboxylic acid groups (broad SMARTS) is 1. The van der Waals surface area contributed by atoms with Crippen molar-refractivity contribution < 1.29 is 14.7 Å². The molecular formula is C11H17N5O3S. The fourth-order valence-electron chi connectivity index (χ4n) is 2.24. The molecule has 2 N–H and O–H groups in total. The minimum Gasteiger partial charge on any atom is -0.480 e. The van der Waals surface area contributed by atoms with E-state index in [0.717, 1.165) is 25.7 Å². The summed E-state index contributed by atoms with van der Waals surface area (Å²) in [7, 11) is 0. The SMILES string of the molecule is CC(=O)NC(CSc1nnnn1C1CCCC1)C(=O)O. The van der Waals surface area contributed by atoms with Crippen molar-refractivity contribution >= 4 is 23.6 Å². The molecule has 0 aromatic carbocycles. The molecule has 0 aliphatic heterocycles. The number of rotatable bonds is 6. The molecule has 20 heavy (non-hydrogen) atoms. The molecule has 1 atom stereocenters. The van der Waals surface area contributed by atoms with Gasteiger partial charge in [-0.15, -0.1) is 5.10 Å². The van der Waals surface area contributed by atoms with Gasteiger partial charge < -0.3 is 10.4 Å². The molecule has 1 aromatic heterocycles. The molecule has 1 aromatic rings. The lowest BCUT2D eigenvalue weighted by Crippen LogP contribution is -2.41. The molecular weight excluding hydrogens is 282 g/mol. The number of carbonyl (C=O) groups excluding carboxylic acids is 1. The normalized spacial score (nSPS) is 17.1. The largest absolute Gasteiger partial charge is 0.480 e. The number of amides is 1. The molecule has 1 fully saturated rings. The van der Waals surface area contributed by atoms with E-state index in [2.05, 4.69) is 20.8 Å². The van der Waals surface area contributed by atoms with Gasteiger partial charge in [-0.2, -0.15) is 0 Å². The molecule has 9 heteroatoms. The Morgan fingerprint density at radius 1 is 1.50 bits per heavy atom. The maximum Gasteiger partial charge on any atom is 0.327 e. The van der Waals surface area contributed by atoms with E-state index in [1.54, 1.807) is 4.68 Å². The Kier molecular flexibility index (Phi) is 4.94. The highest BCUT2D eigenvalue weighted by atomic mass is 32.2. The Hall–Kier alpha value is -1.64. The summed E-state index contributed by atoms with van der Waals surface area (Å²) < 4.78 is 1.77. The van der Waals surface area contributed by atoms with E-state index >= 15 is 0 Å². The van der Waals surface area contributed by atoms with Crippen LogP contribution in [-0.4, -0.2) is 49.0 Å². The molecule has 1 unspecified atom stereocenters. The van der Waals surface area contributed by atoms with Crippen molar-refractivity contribution in [2.24, 2.45) is 0 Å². The van der Waals surface area contributed by atoms with Crippen LogP contribution in [0.4, 0.5) is 0 Å². The second kappa shape index (κ2) is 6.69. The van der Waals surface area contributed by atoms with Crippen molar-refractivity contribution in [2.75, 3.05) is 5.75 Å². The average Bonchev–Trinajstić information content (AvgIpc) is 3.03. The highest BCUT2D eigenvalue weighted by molar-refractivity contribution is 7.99. The number of aliphatic carboxylic acids is 1. The van der Waals surface area contributed by atoms with Crippen LogP contribution >= 0.6 is 11.8 Å². The smallest absolute Gasteiger partial charge is 0.327 e. The Morgan fingerprint density at radius 2 is 2.20 bits per heavy atom. The molecule has 1 saturated carbocycles. The molecule has 1 aliphatic rings. The maximum absolute atomic E-state index is 11.0. The highest BCUT2D eigenvalue weighted by Crippen LogP contribution is 2.31. The third-order valence-electron chi connectivity index (χ3n) is 3.19. The lowest BCUT2D eigenvalue weighted by molar-refractivity contribution is -0.140. The first kappa shape index (κ1) is 14.8. The zero-order valence-electron chi connectivity index (χ0n) is 11.2. The minimum absolute atomic E-state index is 0.196. The summed E-state index contributed by atoms with van der Waals surface area (Å²) in [5.74, 6) is -1.23. The minimum atomic E-state index is -1.06. The highest BCUT2D eigenvalue weighted by Gasteiger charge is 2.24. The zero-order valence-corrected chi connectivity index (χ0v) is 12.0. The molecule has 2 rings (SSSR count). The van der Waals surface area contributed by atoms with Gasteiger partial charge in [0, 0.05) is 12.7 Å². The van der Waals surface area contributed by atoms with Gasteiger partial charge in [0.15, 0.2) is 0 Å². The lowest BCUT2D eigenvalue weighted by atomic mass is 10.3. The third-order valence-corrected chi connectivity index (χ3v) is 4.21. The lowest BCUT2D eigenvalue weighted by Gasteiger charge is -2.14. The summed E-state index contributed by atoms with van der Waals surface area (Å²) in [6.07, 6.45) is 4.43. The van der Waals surface area contributed by atoms with Gasteiger partial charge in [-0.05, 0) is 23.3 Å². The summed E-state index contributed by atoms with van der Waals surface area (Å²) >= 11 is 1.25. The molecule has 110 valence electrons. The van der Waals surface area contributed by atoms with Crippen LogP contribution in [0.5, 0.6) is 0 Å². The van der Waals surface area contributed by atoms with Gasteiger partial charge in [0.05, 0.1) is 6.04 Å². The number of hydrogen-bond donors (Lipinski definition) is 2. The van der Waals surface area contributed by atoms with Gasteiger partial charge in [0.2, 0.25) is 11.1 Å². The monoisotopic (exact) mass is 299 g/mol. The van der Waals surface area contributed by atoms with Crippen LogP contribution in [0.15, 0.2) is 5.16 Å². The second-order valence-corrected chi connectivity index (χ2v) is 5.73. The molecule has 0 radical (unpaired) electrons. The average molecular weight is 299 g/mol. The fourth-order valence-corrected chi connectivity index (χ4v) is 3.19. The van der Waals surface area contributed by atoms with Crippen LogP contribution in [0.25, 0.3) is 0 Å². The van der Waals surface area contributed by atoms with Crippen molar-refractivity contribution in [3.05, 3.63) is 0 Å². The molecule has 1 aliphatic carbocycles. The Bertz CT molecular complexity index is 486. The Morgan fingerprint density at radius 3 is 2.80 bits per heavy atom. The number of hydrogen-bond acceptors (Lipinski definition) is 6. The van der Waals surface area contributed by atoms with Crippen molar-refractivity contribution in [1.82, 2.24) is 25.5 Å². The van der Waals surface area contributed by atoms with E-state index in [0.29, 0.717) is 11.2 Å². The van der Waals surface area contributed by atoms with E-state index in [-0.39, 0.29) is 11.7 Å². The molecule has 0 bridgehead atoms. The van der Waals surface area contributed by atoms with Crippen LogP contribution in [0.1, 0.15) is 38.6 Å². The first-order valence-electron chi connectivity index (χ1n) is 6.48. The fraction of sp³-hybridized carbons (Fsp3) is 0.727. The van der Waals surface area contributed by atoms with E-state index in [4.69, 9.17) is 5.11 Å². The summed E-state index contributed by atoms with van der Waals surface area (Å²) in [5, 5.41) is 23.6. The van der Waals surface area contributed by atoms with Crippen LogP contribution in [0, 0.1) is 0 Å². The van der Waals surface area contributed by atoms with Crippen LogP contribution in [0.3, 0.4) is 0 Å². The summed E-state index contributed by atoms with van der Waals surface area (Å²) in [4.78, 5) is 22.0. The quantitative estimate of drug-likeness (QED) is 0.735. The van der Waals surface area contributed by atoms with Gasteiger partial charge in [-0.25, -0.2) is 9.48 Å². The summed E-state index contributed by atoms with van der Waals surface area (Å²) in [6.45, 7) is 1.29. The number of aromatic nitrogens is 4. The van der Waals surface area contributed by atoms with E-state index in [1.807, 2.05) is 0 Å². The van der Waals surface area contributed by atoms with Crippen molar-refractivity contribution in [3.63, 3.8) is 0 Å². The van der Waals surface area contributed by atoms with Gasteiger partial charge in [-0.3, -0.25) is 4.79 Å². The molecule has 1 heterocycles. The number of carboxylic acids is 1. The van der Waals surface area contributed by atoms with Crippen molar-refractivity contribution in [3.8, 4) is 0 Å². The van der Waals surface area contributed by atoms with Crippen molar-refractivity contribution in [2.45, 2.75) is 49.8 Å². The summed E-state index contributed by atoms with van der Waals surface area (Å²) in [6, 6.07) is -0.636. The molecule has 1 amide bonds. The van der Waals surface area contributed by atoms with E-state index in [1.165, 1.54) is 18.7 Å². The standard InChI is InChI=1S/C11H17N5O3S/c1-7(17)12-9(10(18)19)6-20-11-13-14-15-16(11)8-4-2-3-5-8/h8-9H,2-6H2,1H3,(H,12,17)(H,18,19). The number of nitrogens with zero attached hydrogens (tertiary/aromatic N) is 4. The van der Waals surface area contributed by atoms with Gasteiger partial charge in [0.25, 0.3) is 0 Å². The zero-order chi connectivity index (χ0) is 14.5. The number of thioether (sulfide) groups is 1. The summed E-state index contributed by atoms with van der Waals surface area (Å²) in [5.41, 5.74) is 0. The Balaban J connectivity index is 1.97. The van der Waals surface area contributed by atoms with Crippen molar-refractivity contribution in [1.29, 1.82) is 0 Å². The Labute approximate surface area is 120 Å². The van der Waals surface area contributed by atoms with E-state index < -0.39 is 12.0 Å². The first-order chi connectivity index (χ1) is 9.58. The topological polar surface area (TPSA) is 110 Å².